The molecule has 0 amide bonds. The van der Waals surface area contributed by atoms with Gasteiger partial charge in [0.05, 0.1) is 19.3 Å². The first kappa shape index (κ1) is 25.0. The van der Waals surface area contributed by atoms with Gasteiger partial charge in [-0.05, 0) is 52.2 Å². The van der Waals surface area contributed by atoms with Gasteiger partial charge < -0.3 is 24.8 Å². The predicted octanol–water partition coefficient (Wildman–Crippen LogP) is 3.65. The summed E-state index contributed by atoms with van der Waals surface area (Å²) in [7, 11) is 1.77. The zero-order valence-corrected chi connectivity index (χ0v) is 20.2. The van der Waals surface area contributed by atoms with Crippen LogP contribution in [-0.4, -0.2) is 51.1 Å². The number of guanidine groups is 1. The van der Waals surface area contributed by atoms with Crippen LogP contribution < -0.4 is 15.4 Å². The van der Waals surface area contributed by atoms with Crippen LogP contribution in [-0.2, 0) is 16.0 Å². The number of aryl methyl sites for hydroxylation is 1. The lowest BCUT2D eigenvalue weighted by atomic mass is 10.1. The van der Waals surface area contributed by atoms with Crippen molar-refractivity contribution >= 4 is 29.9 Å². The molecule has 0 aromatic heterocycles. The molecular weight excluding hydrogens is 469 g/mol. The summed E-state index contributed by atoms with van der Waals surface area (Å²) < 4.78 is 17.3. The van der Waals surface area contributed by atoms with Gasteiger partial charge in [0.2, 0.25) is 0 Å². The van der Waals surface area contributed by atoms with Gasteiger partial charge in [0.1, 0.15) is 11.4 Å². The van der Waals surface area contributed by atoms with Crippen molar-refractivity contribution in [2.45, 2.75) is 58.8 Å². The molecule has 1 aromatic carbocycles. The van der Waals surface area contributed by atoms with Crippen molar-refractivity contribution in [3.63, 3.8) is 0 Å². The third-order valence-electron chi connectivity index (χ3n) is 4.18. The van der Waals surface area contributed by atoms with Crippen molar-refractivity contribution in [3.05, 3.63) is 29.3 Å². The average molecular weight is 505 g/mol. The Morgan fingerprint density at radius 2 is 2.07 bits per heavy atom. The molecule has 1 atom stereocenters. The van der Waals surface area contributed by atoms with E-state index in [-0.39, 0.29) is 35.7 Å². The summed E-state index contributed by atoms with van der Waals surface area (Å²) in [5, 5.41) is 6.62. The van der Waals surface area contributed by atoms with Gasteiger partial charge in [0, 0.05) is 32.3 Å². The van der Waals surface area contributed by atoms with Crippen molar-refractivity contribution in [3.8, 4) is 5.75 Å². The number of benzene rings is 1. The van der Waals surface area contributed by atoms with Gasteiger partial charge in [-0.1, -0.05) is 12.1 Å². The Hall–Kier alpha value is -1.06. The molecule has 6 nitrogen and oxygen atoms in total. The first-order valence-electron chi connectivity index (χ1n) is 9.80. The zero-order valence-electron chi connectivity index (χ0n) is 17.8. The van der Waals surface area contributed by atoms with Gasteiger partial charge >= 0.3 is 0 Å². The maximum absolute atomic E-state index is 6.11. The summed E-state index contributed by atoms with van der Waals surface area (Å²) >= 11 is 0. The number of nitrogens with one attached hydrogen (secondary N) is 2. The van der Waals surface area contributed by atoms with E-state index in [0.717, 1.165) is 36.7 Å². The number of nitrogens with zero attached hydrogens (tertiary/aromatic N) is 1. The fourth-order valence-corrected chi connectivity index (χ4v) is 2.86. The molecule has 0 spiro atoms. The van der Waals surface area contributed by atoms with E-state index in [1.807, 2.05) is 0 Å². The lowest BCUT2D eigenvalue weighted by molar-refractivity contribution is 0.0191. The van der Waals surface area contributed by atoms with E-state index in [4.69, 9.17) is 14.2 Å². The molecule has 1 aliphatic heterocycles. The standard InChI is InChI=1S/C21H35N3O3.HI/c1-16-8-9-17(19(13-16)27-21(2,3)4)14-24-20(22-5)23-10-12-25-15-18-7-6-11-26-18;/h8-9,13,18H,6-7,10-12,14-15H2,1-5H3,(H2,22,23,24);1H. The SMILES string of the molecule is CN=C(NCCOCC1CCCO1)NCc1ccc(C)cc1OC(C)(C)C.I. The van der Waals surface area contributed by atoms with Crippen molar-refractivity contribution < 1.29 is 14.2 Å². The molecule has 0 radical (unpaired) electrons. The summed E-state index contributed by atoms with van der Waals surface area (Å²) in [6, 6.07) is 6.28. The normalized spacial score (nSPS) is 17.2. The number of aliphatic imine (C=N–C) groups is 1. The molecule has 1 unspecified atom stereocenters. The van der Waals surface area contributed by atoms with Crippen molar-refractivity contribution in [1.29, 1.82) is 0 Å². The Bertz CT molecular complexity index is 611. The number of hydrogen-bond donors (Lipinski definition) is 2. The number of hydrogen-bond acceptors (Lipinski definition) is 4. The van der Waals surface area contributed by atoms with E-state index in [0.29, 0.717) is 26.3 Å². The molecule has 1 aliphatic rings. The highest BCUT2D eigenvalue weighted by molar-refractivity contribution is 14.0. The Labute approximate surface area is 186 Å². The highest BCUT2D eigenvalue weighted by Gasteiger charge is 2.16. The minimum Gasteiger partial charge on any atom is -0.488 e. The Morgan fingerprint density at radius 3 is 2.71 bits per heavy atom. The molecular formula is C21H36IN3O3. The van der Waals surface area contributed by atoms with Crippen LogP contribution in [0.25, 0.3) is 0 Å². The fraction of sp³-hybridized carbons (Fsp3) is 0.667. The Balaban J connectivity index is 0.00000392. The maximum Gasteiger partial charge on any atom is 0.191 e. The summed E-state index contributed by atoms with van der Waals surface area (Å²) in [5.41, 5.74) is 2.06. The lowest BCUT2D eigenvalue weighted by Gasteiger charge is -2.24. The van der Waals surface area contributed by atoms with Crippen molar-refractivity contribution in [2.75, 3.05) is 33.4 Å². The van der Waals surface area contributed by atoms with E-state index in [1.54, 1.807) is 7.05 Å². The fourth-order valence-electron chi connectivity index (χ4n) is 2.86. The second-order valence-corrected chi connectivity index (χ2v) is 7.89. The van der Waals surface area contributed by atoms with Crippen LogP contribution in [0.15, 0.2) is 23.2 Å². The molecule has 1 aromatic rings. The Morgan fingerprint density at radius 1 is 1.29 bits per heavy atom. The first-order chi connectivity index (χ1) is 12.9. The molecule has 160 valence electrons. The van der Waals surface area contributed by atoms with Crippen LogP contribution in [0.2, 0.25) is 0 Å². The first-order valence-corrected chi connectivity index (χ1v) is 9.80. The second-order valence-electron chi connectivity index (χ2n) is 7.89. The number of ether oxygens (including phenoxy) is 3. The van der Waals surface area contributed by atoms with E-state index < -0.39 is 0 Å². The monoisotopic (exact) mass is 505 g/mol. The minimum absolute atomic E-state index is 0. The van der Waals surface area contributed by atoms with Gasteiger partial charge in [-0.25, -0.2) is 0 Å². The molecule has 0 saturated carbocycles. The largest absolute Gasteiger partial charge is 0.488 e. The predicted molar refractivity (Wildman–Crippen MR) is 125 cm³/mol. The van der Waals surface area contributed by atoms with Crippen LogP contribution in [0.5, 0.6) is 5.75 Å². The lowest BCUT2D eigenvalue weighted by Crippen LogP contribution is -2.39. The van der Waals surface area contributed by atoms with Crippen LogP contribution in [0.4, 0.5) is 0 Å². The van der Waals surface area contributed by atoms with Crippen LogP contribution >= 0.6 is 24.0 Å². The van der Waals surface area contributed by atoms with Gasteiger partial charge in [-0.2, -0.15) is 0 Å². The van der Waals surface area contributed by atoms with Crippen LogP contribution in [0, 0.1) is 6.92 Å². The summed E-state index contributed by atoms with van der Waals surface area (Å²) in [6.07, 6.45) is 2.51. The molecule has 28 heavy (non-hydrogen) atoms. The van der Waals surface area contributed by atoms with Crippen molar-refractivity contribution in [2.24, 2.45) is 4.99 Å². The molecule has 2 N–H and O–H groups in total. The molecule has 0 bridgehead atoms. The topological polar surface area (TPSA) is 64.1 Å². The average Bonchev–Trinajstić information content (AvgIpc) is 3.10. The van der Waals surface area contributed by atoms with Gasteiger partial charge in [0.25, 0.3) is 0 Å². The molecule has 1 fully saturated rings. The third-order valence-corrected chi connectivity index (χ3v) is 4.18. The second kappa shape index (κ2) is 12.5. The summed E-state index contributed by atoms with van der Waals surface area (Å²) in [4.78, 5) is 4.27. The molecule has 1 heterocycles. The summed E-state index contributed by atoms with van der Waals surface area (Å²) in [6.45, 7) is 11.8. The molecule has 2 rings (SSSR count). The Kier molecular flexibility index (Phi) is 11.1. The third kappa shape index (κ3) is 9.43. The van der Waals surface area contributed by atoms with E-state index >= 15 is 0 Å². The van der Waals surface area contributed by atoms with Crippen molar-refractivity contribution in [1.82, 2.24) is 10.6 Å². The quantitative estimate of drug-likeness (QED) is 0.245. The molecule has 7 heteroatoms. The van der Waals surface area contributed by atoms with Gasteiger partial charge in [0.15, 0.2) is 5.96 Å². The molecule has 0 aliphatic carbocycles. The van der Waals surface area contributed by atoms with Crippen LogP contribution in [0.3, 0.4) is 0 Å². The maximum atomic E-state index is 6.11. The van der Waals surface area contributed by atoms with E-state index in [9.17, 15) is 0 Å². The van der Waals surface area contributed by atoms with Crippen LogP contribution in [0.1, 0.15) is 44.7 Å². The summed E-state index contributed by atoms with van der Waals surface area (Å²) in [5.74, 6) is 1.66. The highest BCUT2D eigenvalue weighted by atomic mass is 127. The highest BCUT2D eigenvalue weighted by Crippen LogP contribution is 2.24. The minimum atomic E-state index is -0.233. The smallest absolute Gasteiger partial charge is 0.191 e. The molecule has 1 saturated heterocycles. The zero-order chi connectivity index (χ0) is 19.7. The van der Waals surface area contributed by atoms with Gasteiger partial charge in [-0.3, -0.25) is 4.99 Å². The van der Waals surface area contributed by atoms with E-state index in [1.165, 1.54) is 5.56 Å². The number of halogens is 1. The number of rotatable bonds is 8. The van der Waals surface area contributed by atoms with E-state index in [2.05, 4.69) is 61.5 Å². The van der Waals surface area contributed by atoms with Gasteiger partial charge in [-0.15, -0.1) is 24.0 Å².